The number of anilines is 1. The number of nitrogens with one attached hydrogen (secondary N) is 1. The van der Waals surface area contributed by atoms with Crippen molar-refractivity contribution in [2.45, 2.75) is 39.0 Å². The van der Waals surface area contributed by atoms with Crippen molar-refractivity contribution in [3.05, 3.63) is 11.1 Å². The number of rotatable bonds is 4. The third-order valence-electron chi connectivity index (χ3n) is 2.08. The summed E-state index contributed by atoms with van der Waals surface area (Å²) in [5, 5.41) is 3.66. The van der Waals surface area contributed by atoms with Crippen molar-refractivity contribution in [2.24, 2.45) is 0 Å². The first-order valence-electron chi connectivity index (χ1n) is 5.54. The SMILES string of the molecule is CN(CC(F)(F)F)c1ncc(CNC(C)(C)C)s1. The summed E-state index contributed by atoms with van der Waals surface area (Å²) in [6, 6.07) is 0. The third-order valence-corrected chi connectivity index (χ3v) is 3.19. The van der Waals surface area contributed by atoms with Gasteiger partial charge in [-0.25, -0.2) is 4.98 Å². The fraction of sp³-hybridized carbons (Fsp3) is 0.727. The van der Waals surface area contributed by atoms with Gasteiger partial charge in [-0.3, -0.25) is 0 Å². The van der Waals surface area contributed by atoms with E-state index in [0.29, 0.717) is 11.7 Å². The molecule has 1 aromatic rings. The number of hydrogen-bond donors (Lipinski definition) is 1. The summed E-state index contributed by atoms with van der Waals surface area (Å²) in [6.07, 6.45) is -2.59. The Kier molecular flexibility index (Phi) is 4.61. The predicted octanol–water partition coefficient (Wildman–Crippen LogP) is 3.03. The Balaban J connectivity index is 2.58. The van der Waals surface area contributed by atoms with Crippen LogP contribution in [-0.2, 0) is 6.54 Å². The van der Waals surface area contributed by atoms with Crippen LogP contribution in [0.4, 0.5) is 18.3 Å². The molecule has 0 saturated heterocycles. The summed E-state index contributed by atoms with van der Waals surface area (Å²) in [7, 11) is 1.40. The number of nitrogens with zero attached hydrogens (tertiary/aromatic N) is 2. The minimum absolute atomic E-state index is 0.0258. The molecule has 1 heterocycles. The van der Waals surface area contributed by atoms with Gasteiger partial charge in [0.25, 0.3) is 0 Å². The van der Waals surface area contributed by atoms with Crippen LogP contribution in [0.15, 0.2) is 6.20 Å². The van der Waals surface area contributed by atoms with Crippen LogP contribution in [0, 0.1) is 0 Å². The molecule has 0 aliphatic rings. The minimum atomic E-state index is -4.20. The van der Waals surface area contributed by atoms with E-state index in [4.69, 9.17) is 0 Å². The molecule has 0 aliphatic heterocycles. The zero-order valence-corrected chi connectivity index (χ0v) is 11.7. The second kappa shape index (κ2) is 5.44. The van der Waals surface area contributed by atoms with E-state index in [2.05, 4.69) is 10.3 Å². The van der Waals surface area contributed by atoms with Crippen molar-refractivity contribution in [3.8, 4) is 0 Å². The molecule has 0 unspecified atom stereocenters. The molecule has 0 atom stereocenters. The van der Waals surface area contributed by atoms with Gasteiger partial charge in [0, 0.05) is 30.2 Å². The maximum Gasteiger partial charge on any atom is 0.405 e. The summed E-state index contributed by atoms with van der Waals surface area (Å²) < 4.78 is 36.7. The van der Waals surface area contributed by atoms with E-state index in [1.54, 1.807) is 6.20 Å². The van der Waals surface area contributed by atoms with Crippen LogP contribution in [0.5, 0.6) is 0 Å². The number of halogens is 3. The fourth-order valence-electron chi connectivity index (χ4n) is 1.24. The zero-order chi connectivity index (χ0) is 14.0. The molecule has 3 nitrogen and oxygen atoms in total. The van der Waals surface area contributed by atoms with Gasteiger partial charge in [-0.05, 0) is 20.8 Å². The van der Waals surface area contributed by atoms with E-state index in [0.717, 1.165) is 9.78 Å². The van der Waals surface area contributed by atoms with Crippen LogP contribution < -0.4 is 10.2 Å². The molecule has 0 fully saturated rings. The topological polar surface area (TPSA) is 28.2 Å². The molecule has 0 bridgehead atoms. The second-order valence-electron chi connectivity index (χ2n) is 5.18. The smallest absolute Gasteiger partial charge is 0.342 e. The first kappa shape index (κ1) is 15.2. The van der Waals surface area contributed by atoms with Crippen molar-refractivity contribution in [1.29, 1.82) is 0 Å². The number of hydrogen-bond acceptors (Lipinski definition) is 4. The van der Waals surface area contributed by atoms with E-state index >= 15 is 0 Å². The largest absolute Gasteiger partial charge is 0.405 e. The highest BCUT2D eigenvalue weighted by Gasteiger charge is 2.30. The first-order chi connectivity index (χ1) is 8.07. The van der Waals surface area contributed by atoms with Gasteiger partial charge >= 0.3 is 6.18 Å². The third kappa shape index (κ3) is 5.68. The molecule has 0 spiro atoms. The van der Waals surface area contributed by atoms with E-state index in [1.165, 1.54) is 18.4 Å². The van der Waals surface area contributed by atoms with Gasteiger partial charge in [0.2, 0.25) is 0 Å². The van der Waals surface area contributed by atoms with Crippen LogP contribution in [0.1, 0.15) is 25.6 Å². The zero-order valence-electron chi connectivity index (χ0n) is 10.9. The molecule has 7 heteroatoms. The Morgan fingerprint density at radius 1 is 1.33 bits per heavy atom. The Morgan fingerprint density at radius 3 is 2.44 bits per heavy atom. The second-order valence-corrected chi connectivity index (χ2v) is 6.28. The molecule has 0 amide bonds. The van der Waals surface area contributed by atoms with Crippen molar-refractivity contribution in [3.63, 3.8) is 0 Å². The van der Waals surface area contributed by atoms with E-state index in [-0.39, 0.29) is 5.54 Å². The van der Waals surface area contributed by atoms with Gasteiger partial charge in [-0.2, -0.15) is 13.2 Å². The number of alkyl halides is 3. The fourth-order valence-corrected chi connectivity index (χ4v) is 2.05. The quantitative estimate of drug-likeness (QED) is 0.919. The molecule has 0 aliphatic carbocycles. The Bertz CT molecular complexity index is 382. The summed E-state index contributed by atoms with van der Waals surface area (Å²) in [5.41, 5.74) is -0.0258. The van der Waals surface area contributed by atoms with Gasteiger partial charge < -0.3 is 10.2 Å². The summed E-state index contributed by atoms with van der Waals surface area (Å²) >= 11 is 1.27. The lowest BCUT2D eigenvalue weighted by Gasteiger charge is -2.19. The lowest BCUT2D eigenvalue weighted by molar-refractivity contribution is -0.119. The van der Waals surface area contributed by atoms with Gasteiger partial charge in [0.15, 0.2) is 5.13 Å². The summed E-state index contributed by atoms with van der Waals surface area (Å²) in [4.78, 5) is 6.05. The number of thiazole rings is 1. The number of aromatic nitrogens is 1. The summed E-state index contributed by atoms with van der Waals surface area (Å²) in [5.74, 6) is 0. The molecule has 1 N–H and O–H groups in total. The lowest BCUT2D eigenvalue weighted by Crippen LogP contribution is -2.34. The molecule has 0 saturated carbocycles. The standard InChI is InChI=1S/C11H18F3N3S/c1-10(2,3)16-6-8-5-15-9(18-8)17(4)7-11(12,13)14/h5,16H,6-7H2,1-4H3. The molecule has 0 radical (unpaired) electrons. The molecule has 18 heavy (non-hydrogen) atoms. The predicted molar refractivity (Wildman–Crippen MR) is 68.0 cm³/mol. The van der Waals surface area contributed by atoms with E-state index < -0.39 is 12.7 Å². The highest BCUT2D eigenvalue weighted by Crippen LogP contribution is 2.25. The Labute approximate surface area is 109 Å². The van der Waals surface area contributed by atoms with E-state index in [1.807, 2.05) is 20.8 Å². The minimum Gasteiger partial charge on any atom is -0.342 e. The normalized spacial score (nSPS) is 12.8. The molecular formula is C11H18F3N3S. The molecule has 0 aromatic carbocycles. The maximum absolute atomic E-state index is 12.2. The highest BCUT2D eigenvalue weighted by atomic mass is 32.1. The van der Waals surface area contributed by atoms with Gasteiger partial charge in [-0.1, -0.05) is 0 Å². The van der Waals surface area contributed by atoms with Crippen LogP contribution in [0.2, 0.25) is 0 Å². The lowest BCUT2D eigenvalue weighted by atomic mass is 10.1. The maximum atomic E-state index is 12.2. The van der Waals surface area contributed by atoms with Crippen molar-refractivity contribution >= 4 is 16.5 Å². The van der Waals surface area contributed by atoms with Crippen molar-refractivity contribution in [2.75, 3.05) is 18.5 Å². The van der Waals surface area contributed by atoms with Crippen LogP contribution in [0.3, 0.4) is 0 Å². The van der Waals surface area contributed by atoms with Gasteiger partial charge in [-0.15, -0.1) is 11.3 Å². The molecule has 1 aromatic heterocycles. The molecule has 104 valence electrons. The van der Waals surface area contributed by atoms with Crippen LogP contribution in [-0.4, -0.2) is 30.3 Å². The van der Waals surface area contributed by atoms with Crippen molar-refractivity contribution in [1.82, 2.24) is 10.3 Å². The summed E-state index contributed by atoms with van der Waals surface area (Å²) in [6.45, 7) is 5.73. The Morgan fingerprint density at radius 2 is 1.94 bits per heavy atom. The highest BCUT2D eigenvalue weighted by molar-refractivity contribution is 7.15. The average Bonchev–Trinajstić information content (AvgIpc) is 2.58. The average molecular weight is 281 g/mol. The monoisotopic (exact) mass is 281 g/mol. The first-order valence-corrected chi connectivity index (χ1v) is 6.36. The molecular weight excluding hydrogens is 263 g/mol. The van der Waals surface area contributed by atoms with Gasteiger partial charge in [0.05, 0.1) is 0 Å². The van der Waals surface area contributed by atoms with Crippen LogP contribution in [0.25, 0.3) is 0 Å². The van der Waals surface area contributed by atoms with E-state index in [9.17, 15) is 13.2 Å². The van der Waals surface area contributed by atoms with Gasteiger partial charge in [0.1, 0.15) is 6.54 Å². The van der Waals surface area contributed by atoms with Crippen molar-refractivity contribution < 1.29 is 13.2 Å². The molecule has 1 rings (SSSR count). The van der Waals surface area contributed by atoms with Crippen LogP contribution >= 0.6 is 11.3 Å². The Hall–Kier alpha value is -0.820.